The number of nitrogen functional groups attached to an aromatic ring is 1. The van der Waals surface area contributed by atoms with Gasteiger partial charge in [-0.15, -0.1) is 0 Å². The summed E-state index contributed by atoms with van der Waals surface area (Å²) < 4.78 is 0. The van der Waals surface area contributed by atoms with Crippen LogP contribution in [0.1, 0.15) is 49.9 Å². The minimum atomic E-state index is -0.0234. The van der Waals surface area contributed by atoms with Crippen molar-refractivity contribution in [1.82, 2.24) is 9.88 Å². The molecule has 1 amide bonds. The molecule has 1 aliphatic rings. The van der Waals surface area contributed by atoms with Crippen LogP contribution in [0.4, 0.5) is 5.82 Å². The lowest BCUT2D eigenvalue weighted by Crippen LogP contribution is -2.41. The molecule has 0 unspecified atom stereocenters. The van der Waals surface area contributed by atoms with Gasteiger partial charge in [-0.25, -0.2) is 4.98 Å². The Hall–Kier alpha value is -1.29. The molecule has 1 heterocycles. The van der Waals surface area contributed by atoms with E-state index in [4.69, 9.17) is 17.3 Å². The molecule has 0 aliphatic heterocycles. The molecular formula is C15H22ClN3O. The first-order valence-electron chi connectivity index (χ1n) is 7.21. The fraction of sp³-hybridized carbons (Fsp3) is 0.600. The molecule has 1 aromatic rings. The van der Waals surface area contributed by atoms with Crippen molar-refractivity contribution >= 4 is 23.3 Å². The first-order chi connectivity index (χ1) is 9.49. The van der Waals surface area contributed by atoms with Crippen molar-refractivity contribution in [2.75, 3.05) is 12.3 Å². The molecule has 2 N–H and O–H groups in total. The van der Waals surface area contributed by atoms with Crippen molar-refractivity contribution in [2.24, 2.45) is 5.92 Å². The Kier molecular flexibility index (Phi) is 4.86. The van der Waals surface area contributed by atoms with Crippen LogP contribution in [0.15, 0.2) is 12.3 Å². The van der Waals surface area contributed by atoms with Gasteiger partial charge in [0.25, 0.3) is 5.91 Å². The third kappa shape index (κ3) is 3.42. The smallest absolute Gasteiger partial charge is 0.255 e. The molecule has 0 saturated heterocycles. The van der Waals surface area contributed by atoms with Crippen LogP contribution in [0.2, 0.25) is 5.02 Å². The van der Waals surface area contributed by atoms with Gasteiger partial charge in [0.2, 0.25) is 0 Å². The van der Waals surface area contributed by atoms with Crippen molar-refractivity contribution in [3.8, 4) is 0 Å². The predicted octanol–water partition coefficient (Wildman–Crippen LogP) is 3.36. The van der Waals surface area contributed by atoms with E-state index in [0.29, 0.717) is 28.4 Å². The minimum absolute atomic E-state index is 0.0234. The Bertz CT molecular complexity index is 484. The second-order valence-electron chi connectivity index (χ2n) is 5.88. The van der Waals surface area contributed by atoms with E-state index in [1.54, 1.807) is 6.07 Å². The lowest BCUT2D eigenvalue weighted by molar-refractivity contribution is 0.0655. The van der Waals surface area contributed by atoms with Crippen LogP contribution in [0.3, 0.4) is 0 Å². The number of carbonyl (C=O) groups excluding carboxylic acids is 1. The molecule has 0 aromatic carbocycles. The zero-order valence-electron chi connectivity index (χ0n) is 12.1. The highest BCUT2D eigenvalue weighted by molar-refractivity contribution is 6.33. The van der Waals surface area contributed by atoms with Crippen molar-refractivity contribution in [1.29, 1.82) is 0 Å². The Morgan fingerprint density at radius 2 is 2.15 bits per heavy atom. The van der Waals surface area contributed by atoms with Gasteiger partial charge in [0.1, 0.15) is 5.82 Å². The highest BCUT2D eigenvalue weighted by atomic mass is 35.5. The highest BCUT2D eigenvalue weighted by Crippen LogP contribution is 2.27. The van der Waals surface area contributed by atoms with Gasteiger partial charge in [-0.3, -0.25) is 4.79 Å². The van der Waals surface area contributed by atoms with Crippen LogP contribution >= 0.6 is 11.6 Å². The van der Waals surface area contributed by atoms with Gasteiger partial charge in [-0.05, 0) is 24.8 Å². The number of nitrogens with two attached hydrogens (primary N) is 1. The monoisotopic (exact) mass is 295 g/mol. The number of hydrogen-bond acceptors (Lipinski definition) is 3. The predicted molar refractivity (Wildman–Crippen MR) is 81.8 cm³/mol. The summed E-state index contributed by atoms with van der Waals surface area (Å²) in [4.78, 5) is 18.7. The van der Waals surface area contributed by atoms with Crippen LogP contribution in [0, 0.1) is 5.92 Å². The van der Waals surface area contributed by atoms with E-state index < -0.39 is 0 Å². The van der Waals surface area contributed by atoms with E-state index in [2.05, 4.69) is 18.8 Å². The molecule has 0 bridgehead atoms. The van der Waals surface area contributed by atoms with Crippen molar-refractivity contribution in [3.63, 3.8) is 0 Å². The third-order valence-corrected chi connectivity index (χ3v) is 4.00. The molecule has 1 saturated carbocycles. The van der Waals surface area contributed by atoms with Gasteiger partial charge in [0, 0.05) is 18.8 Å². The topological polar surface area (TPSA) is 59.2 Å². The molecule has 110 valence electrons. The fourth-order valence-corrected chi connectivity index (χ4v) is 2.96. The Morgan fingerprint density at radius 1 is 1.50 bits per heavy atom. The molecule has 1 aromatic heterocycles. The van der Waals surface area contributed by atoms with Gasteiger partial charge in [-0.2, -0.15) is 0 Å². The number of halogens is 1. The molecule has 1 fully saturated rings. The maximum absolute atomic E-state index is 12.8. The summed E-state index contributed by atoms with van der Waals surface area (Å²) in [6.45, 7) is 5.00. The minimum Gasteiger partial charge on any atom is -0.384 e. The van der Waals surface area contributed by atoms with E-state index in [1.165, 1.54) is 19.0 Å². The summed E-state index contributed by atoms with van der Waals surface area (Å²) >= 11 is 6.11. The quantitative estimate of drug-likeness (QED) is 0.926. The van der Waals surface area contributed by atoms with E-state index in [-0.39, 0.29) is 5.91 Å². The van der Waals surface area contributed by atoms with Crippen molar-refractivity contribution in [3.05, 3.63) is 22.8 Å². The first kappa shape index (κ1) is 15.1. The number of rotatable bonds is 4. The summed E-state index contributed by atoms with van der Waals surface area (Å²) in [5, 5.41) is 0.371. The molecule has 0 spiro atoms. The number of pyridine rings is 1. The number of amides is 1. The van der Waals surface area contributed by atoms with Crippen LogP contribution in [0.5, 0.6) is 0 Å². The summed E-state index contributed by atoms with van der Waals surface area (Å²) in [6.07, 6.45) is 6.00. The maximum Gasteiger partial charge on any atom is 0.255 e. The zero-order chi connectivity index (χ0) is 14.7. The van der Waals surface area contributed by atoms with Crippen molar-refractivity contribution < 1.29 is 4.79 Å². The summed E-state index contributed by atoms with van der Waals surface area (Å²) in [5.74, 6) is 0.732. The van der Waals surface area contributed by atoms with Crippen molar-refractivity contribution in [2.45, 2.75) is 45.6 Å². The number of hydrogen-bond donors (Lipinski definition) is 1. The Morgan fingerprint density at radius 3 is 2.75 bits per heavy atom. The van der Waals surface area contributed by atoms with E-state index >= 15 is 0 Å². The second-order valence-corrected chi connectivity index (χ2v) is 6.29. The number of nitrogens with zero attached hydrogens (tertiary/aromatic N) is 2. The van der Waals surface area contributed by atoms with Gasteiger partial charge in [0.15, 0.2) is 0 Å². The second kappa shape index (κ2) is 6.44. The number of anilines is 1. The third-order valence-electron chi connectivity index (χ3n) is 3.70. The maximum atomic E-state index is 12.8. The zero-order valence-corrected chi connectivity index (χ0v) is 12.9. The SMILES string of the molecule is CC(C)CN(C(=O)c1cc(N)ncc1Cl)C1CCCC1. The largest absolute Gasteiger partial charge is 0.384 e. The average Bonchev–Trinajstić information content (AvgIpc) is 2.91. The Balaban J connectivity index is 2.27. The van der Waals surface area contributed by atoms with E-state index in [9.17, 15) is 4.79 Å². The van der Waals surface area contributed by atoms with Crippen LogP contribution in [-0.2, 0) is 0 Å². The van der Waals surface area contributed by atoms with E-state index in [1.807, 2.05) is 4.90 Å². The fourth-order valence-electron chi connectivity index (χ4n) is 2.78. The highest BCUT2D eigenvalue weighted by Gasteiger charge is 2.29. The first-order valence-corrected chi connectivity index (χ1v) is 7.59. The molecule has 1 aliphatic carbocycles. The van der Waals surface area contributed by atoms with Gasteiger partial charge in [0.05, 0.1) is 10.6 Å². The lowest BCUT2D eigenvalue weighted by atomic mass is 10.1. The summed E-state index contributed by atoms with van der Waals surface area (Å²) in [6, 6.07) is 1.91. The van der Waals surface area contributed by atoms with Gasteiger partial charge in [-0.1, -0.05) is 38.3 Å². The standard InChI is InChI=1S/C15H22ClN3O/c1-10(2)9-19(11-5-3-4-6-11)15(20)12-7-14(17)18-8-13(12)16/h7-8,10-11H,3-6,9H2,1-2H3,(H2,17,18). The molecule has 20 heavy (non-hydrogen) atoms. The normalized spacial score (nSPS) is 15.8. The Labute approximate surface area is 125 Å². The summed E-state index contributed by atoms with van der Waals surface area (Å²) in [5.41, 5.74) is 6.14. The van der Waals surface area contributed by atoms with Crippen LogP contribution < -0.4 is 5.73 Å². The van der Waals surface area contributed by atoms with Crippen LogP contribution in [0.25, 0.3) is 0 Å². The average molecular weight is 296 g/mol. The number of carbonyl (C=O) groups is 1. The van der Waals surface area contributed by atoms with Gasteiger partial charge >= 0.3 is 0 Å². The molecular weight excluding hydrogens is 274 g/mol. The van der Waals surface area contributed by atoms with Gasteiger partial charge < -0.3 is 10.6 Å². The summed E-state index contributed by atoms with van der Waals surface area (Å²) in [7, 11) is 0. The molecule has 0 radical (unpaired) electrons. The van der Waals surface area contributed by atoms with E-state index in [0.717, 1.165) is 19.4 Å². The molecule has 2 rings (SSSR count). The molecule has 5 heteroatoms. The lowest BCUT2D eigenvalue weighted by Gasteiger charge is -2.31. The van der Waals surface area contributed by atoms with Crippen LogP contribution in [-0.4, -0.2) is 28.4 Å². The molecule has 0 atom stereocenters. The number of aromatic nitrogens is 1. The molecule has 4 nitrogen and oxygen atoms in total.